The van der Waals surface area contributed by atoms with Gasteiger partial charge in [-0.15, -0.1) is 0 Å². The van der Waals surface area contributed by atoms with Gasteiger partial charge in [0.05, 0.1) is 7.11 Å². The van der Waals surface area contributed by atoms with Gasteiger partial charge in [0.15, 0.2) is 0 Å². The molecular weight excluding hydrogens is 293 g/mol. The fraction of sp³-hybridized carbons (Fsp3) is 0.250. The van der Waals surface area contributed by atoms with Gasteiger partial charge < -0.3 is 10.5 Å². The number of ether oxygens (including phenoxy) is 1. The Balaban J connectivity index is 2.21. The Hall–Kier alpha value is -1.22. The molecule has 0 heterocycles. The molecule has 1 atom stereocenters. The topological polar surface area (TPSA) is 35.2 Å². The molecule has 0 radical (unpaired) electrons. The lowest BCUT2D eigenvalue weighted by Gasteiger charge is -2.15. The van der Waals surface area contributed by atoms with Gasteiger partial charge in [0.2, 0.25) is 0 Å². The first-order chi connectivity index (χ1) is 9.51. The first-order valence-electron chi connectivity index (χ1n) is 6.35. The maximum Gasteiger partial charge on any atom is 0.121 e. The van der Waals surface area contributed by atoms with Crippen molar-refractivity contribution in [2.75, 3.05) is 7.11 Å². The third kappa shape index (κ3) is 3.45. The van der Waals surface area contributed by atoms with Crippen molar-refractivity contribution in [3.05, 3.63) is 63.1 Å². The molecule has 4 heteroatoms. The number of hydrogen-bond acceptors (Lipinski definition) is 2. The molecule has 106 valence electrons. The molecule has 0 aliphatic heterocycles. The zero-order valence-electron chi connectivity index (χ0n) is 11.5. The Morgan fingerprint density at radius 3 is 2.55 bits per heavy atom. The molecule has 0 aliphatic rings. The lowest BCUT2D eigenvalue weighted by Crippen LogP contribution is -2.14. The van der Waals surface area contributed by atoms with Crippen molar-refractivity contribution in [2.24, 2.45) is 5.73 Å². The van der Waals surface area contributed by atoms with E-state index in [1.165, 1.54) is 0 Å². The van der Waals surface area contributed by atoms with Crippen molar-refractivity contribution >= 4 is 23.2 Å². The van der Waals surface area contributed by atoms with Crippen LogP contribution in [-0.4, -0.2) is 7.11 Å². The minimum Gasteiger partial charge on any atom is -0.496 e. The van der Waals surface area contributed by atoms with Crippen molar-refractivity contribution < 1.29 is 4.74 Å². The summed E-state index contributed by atoms with van der Waals surface area (Å²) in [6, 6.07) is 11.3. The van der Waals surface area contributed by atoms with Gasteiger partial charge in [-0.1, -0.05) is 35.3 Å². The van der Waals surface area contributed by atoms with Crippen LogP contribution in [0.25, 0.3) is 0 Å². The zero-order chi connectivity index (χ0) is 14.7. The molecular formula is C16H17Cl2NO. The molecule has 2 rings (SSSR count). The van der Waals surface area contributed by atoms with Crippen LogP contribution in [0.2, 0.25) is 10.0 Å². The molecule has 0 fully saturated rings. The Labute approximate surface area is 129 Å². The van der Waals surface area contributed by atoms with E-state index in [1.807, 2.05) is 31.2 Å². The number of hydrogen-bond donors (Lipinski definition) is 1. The van der Waals surface area contributed by atoms with Gasteiger partial charge in [0.1, 0.15) is 5.75 Å². The van der Waals surface area contributed by atoms with Crippen molar-refractivity contribution in [2.45, 2.75) is 19.4 Å². The van der Waals surface area contributed by atoms with Crippen molar-refractivity contribution in [3.63, 3.8) is 0 Å². The molecule has 2 nitrogen and oxygen atoms in total. The average molecular weight is 310 g/mol. The molecule has 20 heavy (non-hydrogen) atoms. The van der Waals surface area contributed by atoms with E-state index in [-0.39, 0.29) is 6.04 Å². The number of methoxy groups -OCH3 is 1. The fourth-order valence-electron chi connectivity index (χ4n) is 2.19. The summed E-state index contributed by atoms with van der Waals surface area (Å²) >= 11 is 12.2. The summed E-state index contributed by atoms with van der Waals surface area (Å²) in [5.74, 6) is 0.863. The highest BCUT2D eigenvalue weighted by atomic mass is 35.5. The standard InChI is InChI=1S/C16H17Cl2NO/c1-10-7-11(3-6-16(10)20-2)15(19)9-12-8-13(17)4-5-14(12)18/h3-8,15H,9,19H2,1-2H3. The summed E-state index contributed by atoms with van der Waals surface area (Å²) in [7, 11) is 1.66. The monoisotopic (exact) mass is 309 g/mol. The molecule has 2 aromatic rings. The van der Waals surface area contributed by atoms with Gasteiger partial charge in [-0.2, -0.15) is 0 Å². The minimum absolute atomic E-state index is 0.129. The van der Waals surface area contributed by atoms with Crippen molar-refractivity contribution in [1.29, 1.82) is 0 Å². The largest absolute Gasteiger partial charge is 0.496 e. The summed E-state index contributed by atoms with van der Waals surface area (Å²) in [4.78, 5) is 0. The highest BCUT2D eigenvalue weighted by Crippen LogP contribution is 2.27. The number of aryl methyl sites for hydroxylation is 1. The maximum absolute atomic E-state index is 6.26. The molecule has 0 amide bonds. The second-order valence-corrected chi connectivity index (χ2v) is 5.62. The molecule has 2 N–H and O–H groups in total. The van der Waals surface area contributed by atoms with Crippen LogP contribution in [0.1, 0.15) is 22.7 Å². The molecule has 1 unspecified atom stereocenters. The van der Waals surface area contributed by atoms with E-state index in [1.54, 1.807) is 19.2 Å². The van der Waals surface area contributed by atoms with E-state index < -0.39 is 0 Å². The second kappa shape index (κ2) is 6.49. The van der Waals surface area contributed by atoms with Crippen LogP contribution < -0.4 is 10.5 Å². The van der Waals surface area contributed by atoms with Gasteiger partial charge in [0.25, 0.3) is 0 Å². The highest BCUT2D eigenvalue weighted by Gasteiger charge is 2.11. The van der Waals surface area contributed by atoms with E-state index in [0.29, 0.717) is 16.5 Å². The molecule has 0 bridgehead atoms. The summed E-state index contributed by atoms with van der Waals surface area (Å²) in [5.41, 5.74) is 9.34. The number of rotatable bonds is 4. The van der Waals surface area contributed by atoms with Crippen LogP contribution in [0.4, 0.5) is 0 Å². The maximum atomic E-state index is 6.26. The van der Waals surface area contributed by atoms with Gasteiger partial charge in [-0.05, 0) is 54.3 Å². The predicted octanol–water partition coefficient (Wildman–Crippen LogP) is 4.55. The average Bonchev–Trinajstić information content (AvgIpc) is 2.42. The summed E-state index contributed by atoms with van der Waals surface area (Å²) in [6.07, 6.45) is 0.644. The van der Waals surface area contributed by atoms with E-state index in [9.17, 15) is 0 Å². The molecule has 0 spiro atoms. The lowest BCUT2D eigenvalue weighted by atomic mass is 9.98. The van der Waals surface area contributed by atoms with Crippen molar-refractivity contribution in [3.8, 4) is 5.75 Å². The molecule has 0 aromatic heterocycles. The van der Waals surface area contributed by atoms with Crippen molar-refractivity contribution in [1.82, 2.24) is 0 Å². The number of nitrogens with two attached hydrogens (primary N) is 1. The van der Waals surface area contributed by atoms with Gasteiger partial charge in [0, 0.05) is 16.1 Å². The van der Waals surface area contributed by atoms with Gasteiger partial charge >= 0.3 is 0 Å². The van der Waals surface area contributed by atoms with E-state index in [0.717, 1.165) is 22.4 Å². The quantitative estimate of drug-likeness (QED) is 0.899. The first-order valence-corrected chi connectivity index (χ1v) is 7.11. The number of benzene rings is 2. The predicted molar refractivity (Wildman–Crippen MR) is 84.8 cm³/mol. The van der Waals surface area contributed by atoms with Crippen LogP contribution in [0.3, 0.4) is 0 Å². The second-order valence-electron chi connectivity index (χ2n) is 4.78. The lowest BCUT2D eigenvalue weighted by molar-refractivity contribution is 0.411. The van der Waals surface area contributed by atoms with Gasteiger partial charge in [-0.25, -0.2) is 0 Å². The zero-order valence-corrected chi connectivity index (χ0v) is 13.0. The third-order valence-electron chi connectivity index (χ3n) is 3.29. The van der Waals surface area contributed by atoms with Crippen LogP contribution in [-0.2, 0) is 6.42 Å². The Morgan fingerprint density at radius 2 is 1.90 bits per heavy atom. The van der Waals surface area contributed by atoms with E-state index in [4.69, 9.17) is 33.7 Å². The first kappa shape index (κ1) is 15.2. The Bertz CT molecular complexity index is 613. The SMILES string of the molecule is COc1ccc(C(N)Cc2cc(Cl)ccc2Cl)cc1C. The van der Waals surface area contributed by atoms with Crippen LogP contribution in [0.15, 0.2) is 36.4 Å². The molecule has 0 saturated carbocycles. The molecule has 0 saturated heterocycles. The van der Waals surface area contributed by atoms with Gasteiger partial charge in [-0.3, -0.25) is 0 Å². The van der Waals surface area contributed by atoms with Crippen LogP contribution in [0.5, 0.6) is 5.75 Å². The Kier molecular flexibility index (Phi) is 4.92. The highest BCUT2D eigenvalue weighted by molar-refractivity contribution is 6.33. The summed E-state index contributed by atoms with van der Waals surface area (Å²) < 4.78 is 5.25. The molecule has 0 aliphatic carbocycles. The van der Waals surface area contributed by atoms with Crippen LogP contribution >= 0.6 is 23.2 Å². The van der Waals surface area contributed by atoms with Crippen LogP contribution in [0, 0.1) is 6.92 Å². The van der Waals surface area contributed by atoms with E-state index >= 15 is 0 Å². The molecule has 2 aromatic carbocycles. The number of halogens is 2. The van der Waals surface area contributed by atoms with E-state index in [2.05, 4.69) is 0 Å². The minimum atomic E-state index is -0.129. The fourth-order valence-corrected chi connectivity index (χ4v) is 2.58. The third-order valence-corrected chi connectivity index (χ3v) is 3.90. The normalized spacial score (nSPS) is 12.2. The smallest absolute Gasteiger partial charge is 0.121 e. The summed E-state index contributed by atoms with van der Waals surface area (Å²) in [6.45, 7) is 2.00. The summed E-state index contributed by atoms with van der Waals surface area (Å²) in [5, 5.41) is 1.36. The Morgan fingerprint density at radius 1 is 1.15 bits per heavy atom.